The number of hydrogen-bond acceptors (Lipinski definition) is 4. The summed E-state index contributed by atoms with van der Waals surface area (Å²) < 4.78 is 9.90. The van der Waals surface area contributed by atoms with Gasteiger partial charge in [0.05, 0.1) is 14.2 Å². The molecule has 0 spiro atoms. The van der Waals surface area contributed by atoms with Crippen molar-refractivity contribution in [3.05, 3.63) is 53.6 Å². The van der Waals surface area contributed by atoms with Gasteiger partial charge in [0.2, 0.25) is 0 Å². The number of rotatable bonds is 3. The Morgan fingerprint density at radius 2 is 1.67 bits per heavy atom. The van der Waals surface area contributed by atoms with E-state index >= 15 is 0 Å². The lowest BCUT2D eigenvalue weighted by Gasteiger charge is -2.24. The smallest absolute Gasteiger partial charge is 0.323 e. The molecule has 2 atom stereocenters. The van der Waals surface area contributed by atoms with Gasteiger partial charge in [0, 0.05) is 5.92 Å². The Kier molecular flexibility index (Phi) is 4.31. The van der Waals surface area contributed by atoms with Crippen LogP contribution in [0.4, 0.5) is 0 Å². The largest absolute Gasteiger partial charge is 0.468 e. The molecule has 0 saturated heterocycles. The van der Waals surface area contributed by atoms with Crippen LogP contribution in [0.3, 0.4) is 0 Å². The van der Waals surface area contributed by atoms with E-state index in [1.807, 2.05) is 18.2 Å². The van der Waals surface area contributed by atoms with E-state index in [0.717, 1.165) is 11.1 Å². The van der Waals surface area contributed by atoms with Crippen LogP contribution >= 0.6 is 0 Å². The molecular weight excluding hydrogens is 304 g/mol. The second-order valence-corrected chi connectivity index (χ2v) is 6.53. The maximum absolute atomic E-state index is 12.4. The number of allylic oxidation sites excluding steroid dienone is 4. The summed E-state index contributed by atoms with van der Waals surface area (Å²) >= 11 is 0. The Morgan fingerprint density at radius 3 is 2.25 bits per heavy atom. The van der Waals surface area contributed by atoms with Crippen molar-refractivity contribution in [2.75, 3.05) is 14.2 Å². The highest BCUT2D eigenvalue weighted by Gasteiger charge is 2.56. The standard InChI is InChI=1S/C20H22O4/c1-13-9-10-15-11-20(18(21)23-2,19(22)24-3)12-16(15)17(13)14-7-5-4-6-8-14/h4-10,13,15H,11-12H2,1-3H3/t13-,15-/m0/s1. The quantitative estimate of drug-likeness (QED) is 0.485. The summed E-state index contributed by atoms with van der Waals surface area (Å²) in [7, 11) is 2.64. The van der Waals surface area contributed by atoms with Gasteiger partial charge in [-0.05, 0) is 29.9 Å². The van der Waals surface area contributed by atoms with Crippen LogP contribution in [-0.4, -0.2) is 26.2 Å². The number of fused-ring (bicyclic) bond motifs is 1. The number of carbonyl (C=O) groups is 2. The third-order valence-electron chi connectivity index (χ3n) is 5.18. The summed E-state index contributed by atoms with van der Waals surface area (Å²) in [5, 5.41) is 0. The van der Waals surface area contributed by atoms with Gasteiger partial charge in [-0.1, -0.05) is 55.0 Å². The van der Waals surface area contributed by atoms with Crippen LogP contribution in [0.15, 0.2) is 48.1 Å². The second kappa shape index (κ2) is 6.27. The van der Waals surface area contributed by atoms with E-state index in [4.69, 9.17) is 9.47 Å². The third-order valence-corrected chi connectivity index (χ3v) is 5.18. The molecule has 24 heavy (non-hydrogen) atoms. The van der Waals surface area contributed by atoms with E-state index in [9.17, 15) is 9.59 Å². The third kappa shape index (κ3) is 2.46. The minimum Gasteiger partial charge on any atom is -0.468 e. The van der Waals surface area contributed by atoms with Crippen molar-refractivity contribution in [1.82, 2.24) is 0 Å². The highest BCUT2D eigenvalue weighted by Crippen LogP contribution is 2.53. The molecule has 0 N–H and O–H groups in total. The predicted molar refractivity (Wildman–Crippen MR) is 90.9 cm³/mol. The molecule has 126 valence electrons. The van der Waals surface area contributed by atoms with Gasteiger partial charge >= 0.3 is 11.9 Å². The number of ether oxygens (including phenoxy) is 2. The zero-order valence-electron chi connectivity index (χ0n) is 14.2. The lowest BCUT2D eigenvalue weighted by Crippen LogP contribution is -2.39. The highest BCUT2D eigenvalue weighted by molar-refractivity contribution is 6.01. The van der Waals surface area contributed by atoms with Gasteiger partial charge < -0.3 is 9.47 Å². The fourth-order valence-corrected chi connectivity index (χ4v) is 4.05. The van der Waals surface area contributed by atoms with Gasteiger partial charge in [-0.2, -0.15) is 0 Å². The number of benzene rings is 1. The molecule has 0 amide bonds. The second-order valence-electron chi connectivity index (χ2n) is 6.53. The Labute approximate surface area is 142 Å². The molecule has 0 heterocycles. The summed E-state index contributed by atoms with van der Waals surface area (Å²) in [5.74, 6) is -0.714. The molecule has 1 fully saturated rings. The predicted octanol–water partition coefficient (Wildman–Crippen LogP) is 3.39. The average Bonchev–Trinajstić information content (AvgIpc) is 3.01. The van der Waals surface area contributed by atoms with E-state index in [2.05, 4.69) is 31.2 Å². The van der Waals surface area contributed by atoms with Gasteiger partial charge in [0.25, 0.3) is 0 Å². The van der Waals surface area contributed by atoms with Gasteiger partial charge in [0.15, 0.2) is 5.41 Å². The van der Waals surface area contributed by atoms with Crippen LogP contribution in [0.5, 0.6) is 0 Å². The minimum atomic E-state index is -1.24. The van der Waals surface area contributed by atoms with Gasteiger partial charge in [-0.25, -0.2) is 0 Å². The molecule has 2 aliphatic carbocycles. The number of esters is 2. The molecule has 0 unspecified atom stereocenters. The van der Waals surface area contributed by atoms with Crippen molar-refractivity contribution < 1.29 is 19.1 Å². The lowest BCUT2D eigenvalue weighted by molar-refractivity contribution is -0.168. The Morgan fingerprint density at radius 1 is 1.04 bits per heavy atom. The molecule has 0 radical (unpaired) electrons. The van der Waals surface area contributed by atoms with Crippen LogP contribution in [0.2, 0.25) is 0 Å². The van der Waals surface area contributed by atoms with Crippen molar-refractivity contribution in [1.29, 1.82) is 0 Å². The maximum Gasteiger partial charge on any atom is 0.323 e. The molecule has 0 bridgehead atoms. The zero-order valence-corrected chi connectivity index (χ0v) is 14.2. The fourth-order valence-electron chi connectivity index (χ4n) is 4.05. The SMILES string of the molecule is COC(=O)C1(C(=O)OC)CC2=C(c3ccccc3)[C@@H](C)C=C[C@H]2C1. The van der Waals surface area contributed by atoms with Crippen LogP contribution in [0.1, 0.15) is 25.3 Å². The monoisotopic (exact) mass is 326 g/mol. The lowest BCUT2D eigenvalue weighted by atomic mass is 9.81. The van der Waals surface area contributed by atoms with Gasteiger partial charge in [-0.15, -0.1) is 0 Å². The van der Waals surface area contributed by atoms with Crippen molar-refractivity contribution >= 4 is 17.5 Å². The molecule has 1 aromatic rings. The molecule has 0 aliphatic heterocycles. The van der Waals surface area contributed by atoms with Gasteiger partial charge in [0.1, 0.15) is 0 Å². The Hall–Kier alpha value is -2.36. The molecule has 2 aliphatic rings. The fraction of sp³-hybridized carbons (Fsp3) is 0.400. The summed E-state index contributed by atoms with van der Waals surface area (Å²) in [6.07, 6.45) is 5.03. The molecule has 1 saturated carbocycles. The summed E-state index contributed by atoms with van der Waals surface area (Å²) in [6.45, 7) is 2.14. The number of methoxy groups -OCH3 is 2. The number of carbonyl (C=O) groups excluding carboxylic acids is 2. The molecule has 4 nitrogen and oxygen atoms in total. The number of hydrogen-bond donors (Lipinski definition) is 0. The van der Waals surface area contributed by atoms with E-state index in [1.54, 1.807) is 0 Å². The summed E-state index contributed by atoms with van der Waals surface area (Å²) in [6, 6.07) is 10.1. The van der Waals surface area contributed by atoms with Crippen LogP contribution in [0.25, 0.3) is 5.57 Å². The van der Waals surface area contributed by atoms with E-state index < -0.39 is 17.4 Å². The molecule has 1 aromatic carbocycles. The van der Waals surface area contributed by atoms with Crippen molar-refractivity contribution in [3.63, 3.8) is 0 Å². The van der Waals surface area contributed by atoms with Crippen LogP contribution < -0.4 is 0 Å². The summed E-state index contributed by atoms with van der Waals surface area (Å²) in [4.78, 5) is 24.9. The van der Waals surface area contributed by atoms with Crippen molar-refractivity contribution in [2.45, 2.75) is 19.8 Å². The van der Waals surface area contributed by atoms with Crippen molar-refractivity contribution in [3.8, 4) is 0 Å². The molecule has 4 heteroatoms. The van der Waals surface area contributed by atoms with Crippen LogP contribution in [-0.2, 0) is 19.1 Å². The first-order chi connectivity index (χ1) is 11.5. The van der Waals surface area contributed by atoms with E-state index in [0.29, 0.717) is 12.8 Å². The van der Waals surface area contributed by atoms with E-state index in [-0.39, 0.29) is 11.8 Å². The maximum atomic E-state index is 12.4. The van der Waals surface area contributed by atoms with Gasteiger partial charge in [-0.3, -0.25) is 9.59 Å². The average molecular weight is 326 g/mol. The first-order valence-corrected chi connectivity index (χ1v) is 8.17. The first-order valence-electron chi connectivity index (χ1n) is 8.17. The molecule has 0 aromatic heterocycles. The molecule has 3 rings (SSSR count). The summed E-state index contributed by atoms with van der Waals surface area (Å²) in [5.41, 5.74) is 2.25. The first kappa shape index (κ1) is 16.5. The molecular formula is C20H22O4. The normalized spacial score (nSPS) is 24.5. The Bertz CT molecular complexity index is 698. The Balaban J connectivity index is 2.12. The minimum absolute atomic E-state index is 0.0645. The topological polar surface area (TPSA) is 52.6 Å². The highest BCUT2D eigenvalue weighted by atomic mass is 16.5. The van der Waals surface area contributed by atoms with E-state index in [1.165, 1.54) is 19.8 Å². The zero-order chi connectivity index (χ0) is 17.3. The van der Waals surface area contributed by atoms with Crippen molar-refractivity contribution in [2.24, 2.45) is 17.3 Å². The van der Waals surface area contributed by atoms with Crippen LogP contribution in [0, 0.1) is 17.3 Å².